The molecule has 0 fully saturated rings. The first kappa shape index (κ1) is 17.9. The van der Waals surface area contributed by atoms with Gasteiger partial charge in [0.15, 0.2) is 0 Å². The van der Waals surface area contributed by atoms with Crippen molar-refractivity contribution in [1.29, 1.82) is 0 Å². The molecule has 5 nitrogen and oxygen atoms in total. The Balaban J connectivity index is 0.00000324. The highest BCUT2D eigenvalue weighted by molar-refractivity contribution is 5.96. The highest BCUT2D eigenvalue weighted by atomic mass is 35.5. The monoisotopic (exact) mass is 289 g/mol. The molecule has 0 saturated carbocycles. The van der Waals surface area contributed by atoms with Crippen LogP contribution in [0.15, 0.2) is 4.52 Å². The Bertz CT molecular complexity index is 412. The van der Waals surface area contributed by atoms with Crippen LogP contribution in [0, 0.1) is 19.8 Å². The number of hydrogen-bond acceptors (Lipinski definition) is 4. The molecule has 19 heavy (non-hydrogen) atoms. The van der Waals surface area contributed by atoms with E-state index in [1.807, 2.05) is 6.92 Å². The Labute approximate surface area is 120 Å². The summed E-state index contributed by atoms with van der Waals surface area (Å²) < 4.78 is 5.00. The summed E-state index contributed by atoms with van der Waals surface area (Å²) in [6.45, 7) is 10.1. The molecule has 0 aliphatic carbocycles. The van der Waals surface area contributed by atoms with Crippen molar-refractivity contribution in [3.05, 3.63) is 17.0 Å². The first-order chi connectivity index (χ1) is 8.29. The van der Waals surface area contributed by atoms with Crippen LogP contribution in [0.25, 0.3) is 0 Å². The molecular formula is C13H24ClN3O2. The summed E-state index contributed by atoms with van der Waals surface area (Å²) >= 11 is 0. The van der Waals surface area contributed by atoms with Gasteiger partial charge in [-0.25, -0.2) is 0 Å². The number of halogens is 1. The van der Waals surface area contributed by atoms with E-state index in [4.69, 9.17) is 10.3 Å². The number of nitrogens with two attached hydrogens (primary N) is 1. The summed E-state index contributed by atoms with van der Waals surface area (Å²) in [5, 5.41) is 6.78. The van der Waals surface area contributed by atoms with Crippen LogP contribution in [0.3, 0.4) is 0 Å². The van der Waals surface area contributed by atoms with Crippen LogP contribution in [-0.4, -0.2) is 23.1 Å². The molecule has 1 rings (SSSR count). The fourth-order valence-electron chi connectivity index (χ4n) is 2.23. The van der Waals surface area contributed by atoms with Gasteiger partial charge < -0.3 is 15.6 Å². The van der Waals surface area contributed by atoms with Gasteiger partial charge in [0, 0.05) is 12.1 Å². The van der Waals surface area contributed by atoms with Gasteiger partial charge in [-0.05, 0) is 33.1 Å². The first-order valence-electron chi connectivity index (χ1n) is 6.24. The van der Waals surface area contributed by atoms with E-state index in [2.05, 4.69) is 24.3 Å². The molecule has 1 unspecified atom stereocenters. The zero-order chi connectivity index (χ0) is 13.9. The molecule has 1 aromatic heterocycles. The van der Waals surface area contributed by atoms with Crippen LogP contribution < -0.4 is 11.1 Å². The molecule has 1 aromatic rings. The average molecular weight is 290 g/mol. The third-order valence-electron chi connectivity index (χ3n) is 2.99. The second kappa shape index (κ2) is 6.91. The molecule has 0 aliphatic heterocycles. The number of rotatable bonds is 5. The Kier molecular flexibility index (Phi) is 6.52. The van der Waals surface area contributed by atoms with Gasteiger partial charge >= 0.3 is 0 Å². The van der Waals surface area contributed by atoms with Gasteiger partial charge in [-0.3, -0.25) is 4.79 Å². The van der Waals surface area contributed by atoms with E-state index in [9.17, 15) is 4.79 Å². The van der Waals surface area contributed by atoms with Gasteiger partial charge in [0.25, 0.3) is 5.91 Å². The number of aromatic nitrogens is 1. The van der Waals surface area contributed by atoms with Crippen LogP contribution in [-0.2, 0) is 0 Å². The summed E-state index contributed by atoms with van der Waals surface area (Å²) in [5.74, 6) is 0.831. The largest absolute Gasteiger partial charge is 0.361 e. The number of hydrogen-bond donors (Lipinski definition) is 2. The Morgan fingerprint density at radius 2 is 2.05 bits per heavy atom. The highest BCUT2D eigenvalue weighted by Crippen LogP contribution is 2.18. The van der Waals surface area contributed by atoms with E-state index in [1.165, 1.54) is 0 Å². The summed E-state index contributed by atoms with van der Waals surface area (Å²) in [4.78, 5) is 12.2. The zero-order valence-corrected chi connectivity index (χ0v) is 13.1. The van der Waals surface area contributed by atoms with E-state index >= 15 is 0 Å². The van der Waals surface area contributed by atoms with Crippen molar-refractivity contribution in [2.24, 2.45) is 11.7 Å². The maximum atomic E-state index is 12.2. The van der Waals surface area contributed by atoms with Crippen LogP contribution in [0.1, 0.15) is 49.0 Å². The van der Waals surface area contributed by atoms with Gasteiger partial charge in [-0.2, -0.15) is 0 Å². The Morgan fingerprint density at radius 1 is 1.47 bits per heavy atom. The van der Waals surface area contributed by atoms with Crippen LogP contribution >= 0.6 is 12.4 Å². The highest BCUT2D eigenvalue weighted by Gasteiger charge is 2.28. The van der Waals surface area contributed by atoms with Crippen molar-refractivity contribution in [1.82, 2.24) is 10.5 Å². The molecule has 0 spiro atoms. The van der Waals surface area contributed by atoms with E-state index in [0.717, 1.165) is 6.42 Å². The second-order valence-electron chi connectivity index (χ2n) is 5.52. The number of carbonyl (C=O) groups is 1. The van der Waals surface area contributed by atoms with Gasteiger partial charge in [-0.15, -0.1) is 12.4 Å². The summed E-state index contributed by atoms with van der Waals surface area (Å²) in [7, 11) is 0. The Morgan fingerprint density at radius 3 is 2.42 bits per heavy atom. The second-order valence-corrected chi connectivity index (χ2v) is 5.52. The molecule has 1 amide bonds. The minimum Gasteiger partial charge on any atom is -0.361 e. The van der Waals surface area contributed by atoms with Crippen molar-refractivity contribution in [3.63, 3.8) is 0 Å². The molecule has 0 radical (unpaired) electrons. The van der Waals surface area contributed by atoms with E-state index in [1.54, 1.807) is 13.8 Å². The molecule has 0 aliphatic rings. The van der Waals surface area contributed by atoms with Crippen LogP contribution in [0.5, 0.6) is 0 Å². The lowest BCUT2D eigenvalue weighted by Gasteiger charge is -2.31. The summed E-state index contributed by atoms with van der Waals surface area (Å²) in [5.41, 5.74) is 6.50. The lowest BCUT2D eigenvalue weighted by atomic mass is 9.90. The lowest BCUT2D eigenvalue weighted by molar-refractivity contribution is 0.0896. The maximum absolute atomic E-state index is 12.2. The maximum Gasteiger partial charge on any atom is 0.257 e. The fourth-order valence-corrected chi connectivity index (χ4v) is 2.23. The quantitative estimate of drug-likeness (QED) is 0.871. The topological polar surface area (TPSA) is 81.2 Å². The number of aryl methyl sites for hydroxylation is 2. The number of amides is 1. The van der Waals surface area contributed by atoms with Crippen molar-refractivity contribution in [2.45, 2.75) is 46.6 Å². The summed E-state index contributed by atoms with van der Waals surface area (Å²) in [6.07, 6.45) is 0.832. The smallest absolute Gasteiger partial charge is 0.257 e. The van der Waals surface area contributed by atoms with Gasteiger partial charge in [-0.1, -0.05) is 19.0 Å². The normalized spacial score (nSPS) is 13.8. The van der Waals surface area contributed by atoms with E-state index < -0.39 is 5.54 Å². The molecular weight excluding hydrogens is 266 g/mol. The molecule has 6 heteroatoms. The molecule has 3 N–H and O–H groups in total. The minimum atomic E-state index is -0.401. The van der Waals surface area contributed by atoms with Gasteiger partial charge in [0.2, 0.25) is 0 Å². The third-order valence-corrected chi connectivity index (χ3v) is 2.99. The van der Waals surface area contributed by atoms with Crippen molar-refractivity contribution in [2.75, 3.05) is 6.54 Å². The molecule has 0 bridgehead atoms. The van der Waals surface area contributed by atoms with Gasteiger partial charge in [0.05, 0.1) is 5.69 Å². The number of nitrogens with zero attached hydrogens (tertiary/aromatic N) is 1. The lowest BCUT2D eigenvalue weighted by Crippen LogP contribution is -2.52. The zero-order valence-electron chi connectivity index (χ0n) is 12.2. The SMILES string of the molecule is Cc1noc(C)c1C(=O)NC(C)(CN)CC(C)C.Cl. The molecule has 110 valence electrons. The van der Waals surface area contributed by atoms with E-state index in [0.29, 0.717) is 29.5 Å². The third kappa shape index (κ3) is 4.51. The average Bonchev–Trinajstić information content (AvgIpc) is 2.57. The summed E-state index contributed by atoms with van der Waals surface area (Å²) in [6, 6.07) is 0. The minimum absolute atomic E-state index is 0. The first-order valence-corrected chi connectivity index (χ1v) is 6.24. The standard InChI is InChI=1S/C13H23N3O2.ClH/c1-8(2)6-13(5,7-14)15-12(17)11-9(3)16-18-10(11)4;/h8H,6-7,14H2,1-5H3,(H,15,17);1H. The van der Waals surface area contributed by atoms with Crippen LogP contribution in [0.4, 0.5) is 0 Å². The van der Waals surface area contributed by atoms with Gasteiger partial charge in [0.1, 0.15) is 11.3 Å². The van der Waals surface area contributed by atoms with Crippen molar-refractivity contribution in [3.8, 4) is 0 Å². The van der Waals surface area contributed by atoms with Crippen LogP contribution in [0.2, 0.25) is 0 Å². The molecule has 0 aromatic carbocycles. The number of carbonyl (C=O) groups excluding carboxylic acids is 1. The predicted octanol–water partition coefficient (Wildman–Crippen LogP) is 2.21. The van der Waals surface area contributed by atoms with E-state index in [-0.39, 0.29) is 18.3 Å². The molecule has 1 atom stereocenters. The fraction of sp³-hybridized carbons (Fsp3) is 0.692. The Hall–Kier alpha value is -1.07. The molecule has 0 saturated heterocycles. The van der Waals surface area contributed by atoms with Crippen molar-refractivity contribution < 1.29 is 9.32 Å². The number of nitrogens with one attached hydrogen (secondary N) is 1. The van der Waals surface area contributed by atoms with Crippen molar-refractivity contribution >= 4 is 18.3 Å². The predicted molar refractivity (Wildman–Crippen MR) is 77.6 cm³/mol. The molecule has 1 heterocycles.